The average Bonchev–Trinajstić information content (AvgIpc) is 3.78. The number of nitrogens with one attached hydrogen (secondary N) is 1. The van der Waals surface area contributed by atoms with Gasteiger partial charge in [-0.25, -0.2) is 0 Å². The summed E-state index contributed by atoms with van der Waals surface area (Å²) in [4.78, 5) is 40.1. The van der Waals surface area contributed by atoms with Crippen LogP contribution in [-0.4, -0.2) is 97.0 Å². The summed E-state index contributed by atoms with van der Waals surface area (Å²) in [5.74, 6) is 2.25. The first-order valence-corrected chi connectivity index (χ1v) is 19.1. The molecule has 8 nitrogen and oxygen atoms in total. The quantitative estimate of drug-likeness (QED) is 0.309. The number of rotatable bonds is 6. The molecule has 48 heavy (non-hydrogen) atoms. The number of morpholine rings is 1. The molecule has 0 aromatic heterocycles. The van der Waals surface area contributed by atoms with E-state index in [0.717, 1.165) is 69.5 Å². The van der Waals surface area contributed by atoms with Crippen LogP contribution >= 0.6 is 11.6 Å². The molecule has 1 unspecified atom stereocenters. The molecule has 5 rings (SSSR count). The maximum absolute atomic E-state index is 12.4. The van der Waals surface area contributed by atoms with E-state index in [1.807, 2.05) is 44.2 Å². The Balaban J connectivity index is 0.000000332. The number of halogens is 1. The highest BCUT2D eigenvalue weighted by atomic mass is 35.5. The Morgan fingerprint density at radius 2 is 1.52 bits per heavy atom. The van der Waals surface area contributed by atoms with Crippen LogP contribution in [0.4, 0.5) is 0 Å². The van der Waals surface area contributed by atoms with Gasteiger partial charge in [-0.15, -0.1) is 0 Å². The van der Waals surface area contributed by atoms with Crippen LogP contribution in [-0.2, 0) is 19.1 Å². The van der Waals surface area contributed by atoms with Crippen LogP contribution in [0.2, 0.25) is 5.02 Å². The Hall–Kier alpha value is -2.16. The zero-order valence-electron chi connectivity index (χ0n) is 31.6. The van der Waals surface area contributed by atoms with Crippen molar-refractivity contribution >= 4 is 29.8 Å². The van der Waals surface area contributed by atoms with Crippen LogP contribution in [0.25, 0.3) is 0 Å². The summed E-state index contributed by atoms with van der Waals surface area (Å²) in [6.45, 7) is 24.2. The van der Waals surface area contributed by atoms with Gasteiger partial charge in [0.1, 0.15) is 0 Å². The first kappa shape index (κ1) is 43.9. The SMILES string of the molecule is CC.CC1CN(C(C)(C)C)C[C@H]1C(=O)N1CCCC1.CCCCC(=O)NC1CCC(C)CC1.Clc1ccccc1.O=CN1CCOCC1. The van der Waals surface area contributed by atoms with Crippen molar-refractivity contribution in [2.24, 2.45) is 17.8 Å². The number of hydrogen-bond acceptors (Lipinski definition) is 5. The van der Waals surface area contributed by atoms with E-state index in [0.29, 0.717) is 37.5 Å². The van der Waals surface area contributed by atoms with Crippen molar-refractivity contribution in [3.63, 3.8) is 0 Å². The van der Waals surface area contributed by atoms with Crippen molar-refractivity contribution in [2.45, 2.75) is 125 Å². The topological polar surface area (TPSA) is 82.2 Å². The number of ether oxygens (including phenoxy) is 1. The molecule has 4 fully saturated rings. The van der Waals surface area contributed by atoms with E-state index < -0.39 is 0 Å². The van der Waals surface area contributed by atoms with Crippen LogP contribution < -0.4 is 5.32 Å². The number of unbranched alkanes of at least 4 members (excludes halogenated alkanes) is 1. The molecule has 3 heterocycles. The molecule has 9 heteroatoms. The van der Waals surface area contributed by atoms with Crippen LogP contribution in [0.1, 0.15) is 113 Å². The molecule has 3 amide bonds. The highest BCUT2D eigenvalue weighted by Gasteiger charge is 2.40. The van der Waals surface area contributed by atoms with Gasteiger partial charge in [0.2, 0.25) is 18.2 Å². The molecule has 2 atom stereocenters. The van der Waals surface area contributed by atoms with Crippen LogP contribution in [0.5, 0.6) is 0 Å². The Morgan fingerprint density at radius 1 is 0.938 bits per heavy atom. The fraction of sp³-hybridized carbons (Fsp3) is 0.769. The number of benzene rings is 1. The van der Waals surface area contributed by atoms with E-state index in [-0.39, 0.29) is 17.4 Å². The summed E-state index contributed by atoms with van der Waals surface area (Å²) < 4.78 is 5.00. The predicted molar refractivity (Wildman–Crippen MR) is 200 cm³/mol. The summed E-state index contributed by atoms with van der Waals surface area (Å²) in [5, 5.41) is 3.93. The molecular weight excluding hydrogens is 624 g/mol. The van der Waals surface area contributed by atoms with Crippen molar-refractivity contribution < 1.29 is 19.1 Å². The van der Waals surface area contributed by atoms with Gasteiger partial charge in [-0.2, -0.15) is 0 Å². The van der Waals surface area contributed by atoms with Gasteiger partial charge in [-0.05, 0) is 89.7 Å². The van der Waals surface area contributed by atoms with E-state index in [2.05, 4.69) is 56.7 Å². The summed E-state index contributed by atoms with van der Waals surface area (Å²) in [7, 11) is 0. The second kappa shape index (κ2) is 24.9. The van der Waals surface area contributed by atoms with E-state index in [1.54, 1.807) is 4.90 Å². The lowest BCUT2D eigenvalue weighted by molar-refractivity contribution is -0.135. The summed E-state index contributed by atoms with van der Waals surface area (Å²) in [6.07, 6.45) is 11.0. The van der Waals surface area contributed by atoms with Crippen molar-refractivity contribution in [2.75, 3.05) is 52.5 Å². The number of nitrogens with zero attached hydrogens (tertiary/aromatic N) is 3. The van der Waals surface area contributed by atoms with Crippen molar-refractivity contribution in [3.8, 4) is 0 Å². The minimum atomic E-state index is 0.189. The van der Waals surface area contributed by atoms with Crippen LogP contribution in [0.3, 0.4) is 0 Å². The molecule has 1 N–H and O–H groups in total. The second-order valence-corrected chi connectivity index (χ2v) is 14.8. The van der Waals surface area contributed by atoms with Gasteiger partial charge in [-0.1, -0.05) is 70.8 Å². The van der Waals surface area contributed by atoms with Crippen molar-refractivity contribution in [1.82, 2.24) is 20.0 Å². The zero-order chi connectivity index (χ0) is 36.0. The van der Waals surface area contributed by atoms with Crippen LogP contribution in [0.15, 0.2) is 30.3 Å². The Labute approximate surface area is 298 Å². The third-order valence-electron chi connectivity index (χ3n) is 9.36. The van der Waals surface area contributed by atoms with Gasteiger partial charge in [-0.3, -0.25) is 19.3 Å². The zero-order valence-corrected chi connectivity index (χ0v) is 32.4. The number of carbonyl (C=O) groups is 3. The van der Waals surface area contributed by atoms with Gasteiger partial charge < -0.3 is 19.9 Å². The lowest BCUT2D eigenvalue weighted by atomic mass is 9.87. The van der Waals surface area contributed by atoms with Gasteiger partial charge >= 0.3 is 0 Å². The van der Waals surface area contributed by atoms with Gasteiger partial charge in [0.15, 0.2) is 0 Å². The third kappa shape index (κ3) is 18.0. The van der Waals surface area contributed by atoms with E-state index in [1.165, 1.54) is 38.5 Å². The maximum atomic E-state index is 12.4. The molecule has 0 bridgehead atoms. The second-order valence-electron chi connectivity index (χ2n) is 14.4. The first-order valence-electron chi connectivity index (χ1n) is 18.7. The lowest BCUT2D eigenvalue weighted by Gasteiger charge is -2.32. The van der Waals surface area contributed by atoms with Crippen molar-refractivity contribution in [3.05, 3.63) is 35.4 Å². The maximum Gasteiger partial charge on any atom is 0.227 e. The third-order valence-corrected chi connectivity index (χ3v) is 9.61. The predicted octanol–water partition coefficient (Wildman–Crippen LogP) is 7.69. The monoisotopic (exact) mass is 693 g/mol. The number of amides is 3. The lowest BCUT2D eigenvalue weighted by Crippen LogP contribution is -2.41. The minimum Gasteiger partial charge on any atom is -0.378 e. The Bertz CT molecular complexity index is 985. The molecule has 1 aromatic rings. The number of carbonyl (C=O) groups excluding carboxylic acids is 3. The summed E-state index contributed by atoms with van der Waals surface area (Å²) in [5.41, 5.74) is 0.189. The number of hydrogen-bond donors (Lipinski definition) is 1. The molecule has 1 aliphatic carbocycles. The van der Waals surface area contributed by atoms with E-state index in [4.69, 9.17) is 16.3 Å². The smallest absolute Gasteiger partial charge is 0.227 e. The molecule has 4 aliphatic rings. The normalized spacial score (nSPS) is 23.9. The molecular formula is C39H69ClN4O4. The molecule has 0 spiro atoms. The van der Waals surface area contributed by atoms with Gasteiger partial charge in [0, 0.05) is 62.3 Å². The number of likely N-dealkylation sites (tertiary alicyclic amines) is 2. The Kier molecular flexibility index (Phi) is 22.7. The fourth-order valence-corrected chi connectivity index (χ4v) is 6.29. The van der Waals surface area contributed by atoms with Gasteiger partial charge in [0.25, 0.3) is 0 Å². The molecule has 0 radical (unpaired) electrons. The minimum absolute atomic E-state index is 0.189. The summed E-state index contributed by atoms with van der Waals surface area (Å²) in [6, 6.07) is 9.91. The van der Waals surface area contributed by atoms with Crippen molar-refractivity contribution in [1.29, 1.82) is 0 Å². The fourth-order valence-electron chi connectivity index (χ4n) is 6.15. The van der Waals surface area contributed by atoms with Crippen LogP contribution in [0, 0.1) is 17.8 Å². The molecule has 3 saturated heterocycles. The standard InChI is InChI=1S/C14H26N2O.C12H23NO.C6H5Cl.C5H9NO2.C2H6/c1-11-9-16(14(2,3)4)10-12(11)13(17)15-7-5-6-8-15;1-3-4-5-12(14)13-11-8-6-10(2)7-9-11;7-6-4-2-1-3-5-6;7-5-6-1-3-8-4-2-6;1-2/h11-12H,5-10H2,1-4H3;10-11H,3-9H2,1-2H3,(H,13,14);1-5H;5H,1-4H2;1-2H3/t11?,12-;;;;/m1..../s1. The van der Waals surface area contributed by atoms with Gasteiger partial charge in [0.05, 0.1) is 19.1 Å². The average molecular weight is 693 g/mol. The van der Waals surface area contributed by atoms with E-state index in [9.17, 15) is 14.4 Å². The largest absolute Gasteiger partial charge is 0.378 e. The molecule has 1 saturated carbocycles. The highest BCUT2D eigenvalue weighted by Crippen LogP contribution is 2.31. The molecule has 3 aliphatic heterocycles. The molecule has 276 valence electrons. The van der Waals surface area contributed by atoms with E-state index >= 15 is 0 Å². The Morgan fingerprint density at radius 3 is 1.96 bits per heavy atom. The molecule has 1 aromatic carbocycles. The first-order chi connectivity index (χ1) is 22.9. The summed E-state index contributed by atoms with van der Waals surface area (Å²) >= 11 is 5.54. The highest BCUT2D eigenvalue weighted by molar-refractivity contribution is 6.30.